The molecule has 4 heterocycles. The first-order valence-corrected chi connectivity index (χ1v) is 9.72. The molecule has 0 radical (unpaired) electrons. The van der Waals surface area contributed by atoms with Crippen LogP contribution in [-0.4, -0.2) is 33.7 Å². The second-order valence-corrected chi connectivity index (χ2v) is 7.11. The predicted molar refractivity (Wildman–Crippen MR) is 114 cm³/mol. The number of H-pyrrole nitrogens is 1. The highest BCUT2D eigenvalue weighted by Gasteiger charge is 2.17. The van der Waals surface area contributed by atoms with Gasteiger partial charge in [0.15, 0.2) is 11.2 Å². The summed E-state index contributed by atoms with van der Waals surface area (Å²) in [5.41, 5.74) is 3.59. The topological polar surface area (TPSA) is 85.8 Å². The molecule has 8 heteroatoms. The lowest BCUT2D eigenvalue weighted by Crippen LogP contribution is -2.23. The zero-order valence-corrected chi connectivity index (χ0v) is 16.4. The smallest absolute Gasteiger partial charge is 0.280 e. The fraction of sp³-hybridized carbons (Fsp3) is 0.182. The van der Waals surface area contributed by atoms with Crippen LogP contribution >= 0.6 is 0 Å². The minimum atomic E-state index is -0.122. The first kappa shape index (κ1) is 17.9. The number of hydrogen-bond donors (Lipinski definition) is 1. The van der Waals surface area contributed by atoms with Crippen LogP contribution < -0.4 is 5.56 Å². The molecule has 0 saturated carbocycles. The van der Waals surface area contributed by atoms with Crippen molar-refractivity contribution in [2.24, 2.45) is 0 Å². The largest absolute Gasteiger partial charge is 0.332 e. The number of aromatic amines is 1. The maximum absolute atomic E-state index is 13.0. The van der Waals surface area contributed by atoms with Crippen LogP contribution in [0.25, 0.3) is 28.3 Å². The van der Waals surface area contributed by atoms with Crippen molar-refractivity contribution in [3.05, 3.63) is 70.5 Å². The molecule has 1 N–H and O–H groups in total. The number of hydrogen-bond acceptors (Lipinski definition) is 4. The third-order valence-corrected chi connectivity index (χ3v) is 5.03. The predicted octanol–water partition coefficient (Wildman–Crippen LogP) is 2.68. The van der Waals surface area contributed by atoms with Crippen LogP contribution in [0.4, 0.5) is 0 Å². The number of fused-ring (bicyclic) bond motifs is 3. The summed E-state index contributed by atoms with van der Waals surface area (Å²) in [6, 6.07) is 7.81. The molecule has 0 amide bonds. The lowest BCUT2D eigenvalue weighted by molar-refractivity contribution is 0.663. The van der Waals surface area contributed by atoms with Crippen molar-refractivity contribution in [2.45, 2.75) is 26.4 Å². The third-order valence-electron chi connectivity index (χ3n) is 5.03. The second kappa shape index (κ2) is 7.04. The van der Waals surface area contributed by atoms with Gasteiger partial charge < -0.3 is 4.98 Å². The highest BCUT2D eigenvalue weighted by molar-refractivity contribution is 5.77. The van der Waals surface area contributed by atoms with E-state index < -0.39 is 0 Å². The summed E-state index contributed by atoms with van der Waals surface area (Å²) in [4.78, 5) is 25.2. The fourth-order valence-corrected chi connectivity index (χ4v) is 3.65. The van der Waals surface area contributed by atoms with Gasteiger partial charge in [-0.3, -0.25) is 18.4 Å². The van der Waals surface area contributed by atoms with Crippen molar-refractivity contribution in [1.29, 1.82) is 0 Å². The molecular weight excluding hydrogens is 378 g/mol. The SMILES string of the molecule is C#Cc1cccc(Cn2cc(-c3nc4c([nH]3)c(=O)n(CCC)c3nccn43)cn2)c1. The van der Waals surface area contributed by atoms with E-state index in [-0.39, 0.29) is 5.56 Å². The Bertz CT molecular complexity index is 1470. The van der Waals surface area contributed by atoms with Crippen molar-refractivity contribution >= 4 is 16.9 Å². The zero-order valence-electron chi connectivity index (χ0n) is 16.4. The Morgan fingerprint density at radius 1 is 1.30 bits per heavy atom. The number of benzene rings is 1. The summed E-state index contributed by atoms with van der Waals surface area (Å²) in [5, 5.41) is 4.44. The molecule has 1 aromatic carbocycles. The average molecular weight is 397 g/mol. The molecule has 0 unspecified atom stereocenters. The van der Waals surface area contributed by atoms with Gasteiger partial charge in [0.25, 0.3) is 5.56 Å². The van der Waals surface area contributed by atoms with E-state index in [1.807, 2.05) is 52.7 Å². The number of aromatic nitrogens is 7. The molecule has 4 aromatic heterocycles. The zero-order chi connectivity index (χ0) is 20.7. The van der Waals surface area contributed by atoms with Crippen molar-refractivity contribution in [1.82, 2.24) is 33.7 Å². The van der Waals surface area contributed by atoms with Crippen LogP contribution in [0, 0.1) is 12.3 Å². The van der Waals surface area contributed by atoms with Crippen LogP contribution in [0.5, 0.6) is 0 Å². The second-order valence-electron chi connectivity index (χ2n) is 7.11. The normalized spacial score (nSPS) is 11.3. The van der Waals surface area contributed by atoms with E-state index >= 15 is 0 Å². The Balaban J connectivity index is 1.55. The number of imidazole rings is 2. The van der Waals surface area contributed by atoms with Crippen molar-refractivity contribution in [3.63, 3.8) is 0 Å². The maximum atomic E-state index is 13.0. The van der Waals surface area contributed by atoms with Crippen LogP contribution in [-0.2, 0) is 13.1 Å². The Hall–Kier alpha value is -4.12. The minimum absolute atomic E-state index is 0.122. The van der Waals surface area contributed by atoms with Crippen LogP contribution in [0.15, 0.2) is 53.8 Å². The van der Waals surface area contributed by atoms with E-state index in [1.54, 1.807) is 17.0 Å². The van der Waals surface area contributed by atoms with Gasteiger partial charge in [0.05, 0.1) is 18.3 Å². The highest BCUT2D eigenvalue weighted by Crippen LogP contribution is 2.20. The molecule has 0 spiro atoms. The van der Waals surface area contributed by atoms with Gasteiger partial charge in [0, 0.05) is 30.7 Å². The minimum Gasteiger partial charge on any atom is -0.332 e. The summed E-state index contributed by atoms with van der Waals surface area (Å²) in [6.07, 6.45) is 13.4. The van der Waals surface area contributed by atoms with E-state index in [1.165, 1.54) is 0 Å². The summed E-state index contributed by atoms with van der Waals surface area (Å²) < 4.78 is 5.33. The lowest BCUT2D eigenvalue weighted by Gasteiger charge is -2.05. The van der Waals surface area contributed by atoms with Crippen LogP contribution in [0.2, 0.25) is 0 Å². The molecule has 30 heavy (non-hydrogen) atoms. The molecule has 0 bridgehead atoms. The molecule has 8 nitrogen and oxygen atoms in total. The standard InChI is InChI=1S/C22H19N7O/c1-3-9-29-21(30)18-20(28-10-8-23-22(28)29)26-19(25-18)17-12-24-27(14-17)13-16-7-5-6-15(4-2)11-16/h2,5-8,10-12,14H,3,9,13H2,1H3,(H,25,26). The number of nitrogens with zero attached hydrogens (tertiary/aromatic N) is 6. The summed E-state index contributed by atoms with van der Waals surface area (Å²) in [7, 11) is 0. The molecule has 0 aliphatic rings. The van der Waals surface area contributed by atoms with Gasteiger partial charge in [0.2, 0.25) is 5.78 Å². The van der Waals surface area contributed by atoms with Crippen LogP contribution in [0.1, 0.15) is 24.5 Å². The Kier molecular flexibility index (Phi) is 4.21. The summed E-state index contributed by atoms with van der Waals surface area (Å²) >= 11 is 0. The summed E-state index contributed by atoms with van der Waals surface area (Å²) in [6.45, 7) is 3.21. The Morgan fingerprint density at radius 2 is 2.20 bits per heavy atom. The van der Waals surface area contributed by atoms with E-state index in [9.17, 15) is 4.79 Å². The van der Waals surface area contributed by atoms with E-state index in [0.29, 0.717) is 35.9 Å². The third kappa shape index (κ3) is 2.88. The highest BCUT2D eigenvalue weighted by atomic mass is 16.1. The molecule has 148 valence electrons. The molecule has 0 aliphatic carbocycles. The number of aryl methyl sites for hydroxylation is 1. The Labute approximate surface area is 171 Å². The van der Waals surface area contributed by atoms with Gasteiger partial charge in [-0.1, -0.05) is 25.0 Å². The number of rotatable bonds is 5. The molecule has 0 saturated heterocycles. The van der Waals surface area contributed by atoms with Crippen LogP contribution in [0.3, 0.4) is 0 Å². The molecule has 5 aromatic rings. The maximum Gasteiger partial charge on any atom is 0.280 e. The molecule has 0 atom stereocenters. The van der Waals surface area contributed by atoms with Gasteiger partial charge in [-0.2, -0.15) is 5.10 Å². The van der Waals surface area contributed by atoms with Gasteiger partial charge in [-0.25, -0.2) is 9.97 Å². The van der Waals surface area contributed by atoms with E-state index in [0.717, 1.165) is 23.1 Å². The van der Waals surface area contributed by atoms with E-state index in [4.69, 9.17) is 6.42 Å². The lowest BCUT2D eigenvalue weighted by atomic mass is 10.1. The Morgan fingerprint density at radius 3 is 3.03 bits per heavy atom. The first-order chi connectivity index (χ1) is 14.7. The first-order valence-electron chi connectivity index (χ1n) is 9.72. The molecule has 5 rings (SSSR count). The molecular formula is C22H19N7O. The fourth-order valence-electron chi connectivity index (χ4n) is 3.65. The van der Waals surface area contributed by atoms with Gasteiger partial charge >= 0.3 is 0 Å². The van der Waals surface area contributed by atoms with Gasteiger partial charge in [-0.15, -0.1) is 6.42 Å². The van der Waals surface area contributed by atoms with Gasteiger partial charge in [0.1, 0.15) is 5.82 Å². The van der Waals surface area contributed by atoms with E-state index in [2.05, 4.69) is 26.0 Å². The molecule has 0 aliphatic heterocycles. The monoisotopic (exact) mass is 397 g/mol. The van der Waals surface area contributed by atoms with Crippen molar-refractivity contribution < 1.29 is 0 Å². The van der Waals surface area contributed by atoms with Gasteiger partial charge in [-0.05, 0) is 24.1 Å². The summed E-state index contributed by atoms with van der Waals surface area (Å²) in [5.74, 6) is 3.83. The van der Waals surface area contributed by atoms with Crippen molar-refractivity contribution in [2.75, 3.05) is 0 Å². The average Bonchev–Trinajstić information content (AvgIpc) is 3.49. The quantitative estimate of drug-likeness (QED) is 0.462. The number of terminal acetylenes is 1. The van der Waals surface area contributed by atoms with Crippen molar-refractivity contribution in [3.8, 4) is 23.7 Å². The molecule has 0 fully saturated rings. The number of nitrogens with one attached hydrogen (secondary N) is 1.